The fraction of sp³-hybridized carbons (Fsp3) is 0.786. The molecule has 0 aromatic carbocycles. The Balaban J connectivity index is 2.01. The first kappa shape index (κ1) is 17.3. The number of nitrogens with one attached hydrogen (secondary N) is 3. The van der Waals surface area contributed by atoms with E-state index in [0.29, 0.717) is 19.4 Å². The molecule has 0 aliphatic heterocycles. The Labute approximate surface area is 124 Å². The Morgan fingerprint density at radius 1 is 1.00 bits per heavy atom. The highest BCUT2D eigenvalue weighted by Gasteiger charge is 2.15. The fourth-order valence-electron chi connectivity index (χ4n) is 2.34. The minimum atomic E-state index is -0.831. The van der Waals surface area contributed by atoms with E-state index in [1.165, 1.54) is 6.42 Å². The number of hydrogen-bond donors (Lipinski definition) is 4. The summed E-state index contributed by atoms with van der Waals surface area (Å²) in [5.41, 5.74) is 0. The van der Waals surface area contributed by atoms with Crippen LogP contribution in [-0.2, 0) is 9.59 Å². The monoisotopic (exact) mass is 299 g/mol. The molecule has 1 aliphatic carbocycles. The lowest BCUT2D eigenvalue weighted by Crippen LogP contribution is -2.46. The molecular formula is C14H25N3O4. The number of carbonyl (C=O) groups excluding carboxylic acids is 2. The standard InChI is InChI=1S/C14H25N3O4/c18-12(15-9-5-4-8-13(19)20)10-16-14(21)17-11-6-2-1-3-7-11/h11H,1-10H2,(H,15,18)(H,19,20)(H2,16,17,21). The fourth-order valence-corrected chi connectivity index (χ4v) is 2.34. The maximum atomic E-state index is 11.6. The molecule has 0 aromatic heterocycles. The number of rotatable bonds is 8. The van der Waals surface area contributed by atoms with Crippen LogP contribution in [0.1, 0.15) is 51.4 Å². The molecule has 1 saturated carbocycles. The van der Waals surface area contributed by atoms with Crippen LogP contribution in [-0.4, -0.2) is 42.1 Å². The van der Waals surface area contributed by atoms with Crippen molar-refractivity contribution in [1.29, 1.82) is 0 Å². The first-order valence-corrected chi connectivity index (χ1v) is 7.61. The van der Waals surface area contributed by atoms with Gasteiger partial charge in [-0.2, -0.15) is 0 Å². The lowest BCUT2D eigenvalue weighted by molar-refractivity contribution is -0.137. The minimum Gasteiger partial charge on any atom is -0.481 e. The van der Waals surface area contributed by atoms with Crippen molar-refractivity contribution in [3.63, 3.8) is 0 Å². The van der Waals surface area contributed by atoms with Crippen molar-refractivity contribution in [2.24, 2.45) is 0 Å². The number of hydrogen-bond acceptors (Lipinski definition) is 3. The van der Waals surface area contributed by atoms with Gasteiger partial charge in [0, 0.05) is 19.0 Å². The molecule has 0 saturated heterocycles. The van der Waals surface area contributed by atoms with Crippen LogP contribution in [0.25, 0.3) is 0 Å². The topological polar surface area (TPSA) is 108 Å². The molecule has 0 spiro atoms. The van der Waals surface area contributed by atoms with Crippen molar-refractivity contribution in [2.75, 3.05) is 13.1 Å². The predicted molar refractivity (Wildman–Crippen MR) is 77.9 cm³/mol. The van der Waals surface area contributed by atoms with Crippen LogP contribution in [0, 0.1) is 0 Å². The number of aliphatic carboxylic acids is 1. The molecule has 1 rings (SSSR count). The van der Waals surface area contributed by atoms with Gasteiger partial charge in [-0.3, -0.25) is 9.59 Å². The molecular weight excluding hydrogens is 274 g/mol. The van der Waals surface area contributed by atoms with Crippen LogP contribution < -0.4 is 16.0 Å². The number of carbonyl (C=O) groups is 3. The molecule has 7 nitrogen and oxygen atoms in total. The van der Waals surface area contributed by atoms with E-state index >= 15 is 0 Å². The smallest absolute Gasteiger partial charge is 0.315 e. The first-order chi connectivity index (χ1) is 10.1. The maximum absolute atomic E-state index is 11.6. The predicted octanol–water partition coefficient (Wildman–Crippen LogP) is 0.989. The molecule has 4 N–H and O–H groups in total. The summed E-state index contributed by atoms with van der Waals surface area (Å²) < 4.78 is 0. The number of carboxylic acids is 1. The summed E-state index contributed by atoms with van der Waals surface area (Å²) in [5, 5.41) is 16.5. The van der Waals surface area contributed by atoms with Crippen molar-refractivity contribution >= 4 is 17.9 Å². The molecule has 3 amide bonds. The van der Waals surface area contributed by atoms with E-state index in [-0.39, 0.29) is 30.9 Å². The average molecular weight is 299 g/mol. The van der Waals surface area contributed by atoms with Gasteiger partial charge in [0.15, 0.2) is 0 Å². The van der Waals surface area contributed by atoms with Gasteiger partial charge < -0.3 is 21.1 Å². The second-order valence-corrected chi connectivity index (χ2v) is 5.36. The van der Waals surface area contributed by atoms with Gasteiger partial charge in [-0.25, -0.2) is 4.79 Å². The van der Waals surface area contributed by atoms with E-state index in [4.69, 9.17) is 5.11 Å². The third-order valence-corrected chi connectivity index (χ3v) is 3.49. The summed E-state index contributed by atoms with van der Waals surface area (Å²) in [6.45, 7) is 0.371. The number of unbranched alkanes of at least 4 members (excludes halogenated alkanes) is 1. The summed E-state index contributed by atoms with van der Waals surface area (Å²) in [5.74, 6) is -1.09. The van der Waals surface area contributed by atoms with Gasteiger partial charge in [-0.15, -0.1) is 0 Å². The average Bonchev–Trinajstić information content (AvgIpc) is 2.45. The molecule has 0 bridgehead atoms. The lowest BCUT2D eigenvalue weighted by Gasteiger charge is -2.22. The van der Waals surface area contributed by atoms with Gasteiger partial charge in [0.25, 0.3) is 0 Å². The lowest BCUT2D eigenvalue weighted by atomic mass is 9.96. The third kappa shape index (κ3) is 8.88. The van der Waals surface area contributed by atoms with E-state index in [1.54, 1.807) is 0 Å². The van der Waals surface area contributed by atoms with Gasteiger partial charge >= 0.3 is 12.0 Å². The quantitative estimate of drug-likeness (QED) is 0.501. The zero-order chi connectivity index (χ0) is 15.5. The van der Waals surface area contributed by atoms with Gasteiger partial charge in [0.2, 0.25) is 5.91 Å². The Hall–Kier alpha value is -1.79. The van der Waals surface area contributed by atoms with Crippen LogP contribution in [0.4, 0.5) is 4.79 Å². The van der Waals surface area contributed by atoms with E-state index in [9.17, 15) is 14.4 Å². The molecule has 0 atom stereocenters. The largest absolute Gasteiger partial charge is 0.481 e. The summed E-state index contributed by atoms with van der Waals surface area (Å²) in [6, 6.07) is -0.0826. The summed E-state index contributed by atoms with van der Waals surface area (Å²) >= 11 is 0. The Kier molecular flexibility index (Phi) is 8.23. The van der Waals surface area contributed by atoms with Crippen LogP contribution in [0.5, 0.6) is 0 Å². The normalized spacial score (nSPS) is 15.2. The zero-order valence-corrected chi connectivity index (χ0v) is 12.3. The van der Waals surface area contributed by atoms with Crippen molar-refractivity contribution in [3.8, 4) is 0 Å². The highest BCUT2D eigenvalue weighted by atomic mass is 16.4. The van der Waals surface area contributed by atoms with Crippen LogP contribution in [0.15, 0.2) is 0 Å². The molecule has 7 heteroatoms. The Morgan fingerprint density at radius 2 is 1.71 bits per heavy atom. The minimum absolute atomic E-state index is 0.0581. The van der Waals surface area contributed by atoms with Crippen molar-refractivity contribution < 1.29 is 19.5 Å². The summed E-state index contributed by atoms with van der Waals surface area (Å²) in [4.78, 5) is 33.4. The van der Waals surface area contributed by atoms with Crippen LogP contribution in [0.2, 0.25) is 0 Å². The van der Waals surface area contributed by atoms with E-state index in [0.717, 1.165) is 25.7 Å². The maximum Gasteiger partial charge on any atom is 0.315 e. The molecule has 1 fully saturated rings. The Morgan fingerprint density at radius 3 is 2.38 bits per heavy atom. The molecule has 21 heavy (non-hydrogen) atoms. The zero-order valence-electron chi connectivity index (χ0n) is 12.3. The molecule has 0 heterocycles. The SMILES string of the molecule is O=C(O)CCCCNC(=O)CNC(=O)NC1CCCCC1. The number of carboxylic acid groups (broad SMARTS) is 1. The summed E-state index contributed by atoms with van der Waals surface area (Å²) in [7, 11) is 0. The summed E-state index contributed by atoms with van der Waals surface area (Å²) in [6.07, 6.45) is 6.77. The van der Waals surface area contributed by atoms with Gasteiger partial charge in [0.05, 0.1) is 6.54 Å². The molecule has 1 aliphatic rings. The van der Waals surface area contributed by atoms with Crippen molar-refractivity contribution in [3.05, 3.63) is 0 Å². The third-order valence-electron chi connectivity index (χ3n) is 3.49. The second-order valence-electron chi connectivity index (χ2n) is 5.36. The molecule has 0 aromatic rings. The molecule has 120 valence electrons. The number of amides is 3. The van der Waals surface area contributed by atoms with Gasteiger partial charge in [-0.05, 0) is 25.7 Å². The van der Waals surface area contributed by atoms with Gasteiger partial charge in [0.1, 0.15) is 0 Å². The highest BCUT2D eigenvalue weighted by Crippen LogP contribution is 2.16. The highest BCUT2D eigenvalue weighted by molar-refractivity contribution is 5.83. The van der Waals surface area contributed by atoms with E-state index in [1.807, 2.05) is 0 Å². The number of urea groups is 1. The molecule has 0 radical (unpaired) electrons. The molecule has 0 unspecified atom stereocenters. The van der Waals surface area contributed by atoms with E-state index < -0.39 is 5.97 Å². The Bertz CT molecular complexity index is 354. The van der Waals surface area contributed by atoms with Gasteiger partial charge in [-0.1, -0.05) is 19.3 Å². The van der Waals surface area contributed by atoms with E-state index in [2.05, 4.69) is 16.0 Å². The van der Waals surface area contributed by atoms with Crippen LogP contribution >= 0.6 is 0 Å². The van der Waals surface area contributed by atoms with Crippen molar-refractivity contribution in [2.45, 2.75) is 57.4 Å². The second kappa shape index (κ2) is 10.0. The first-order valence-electron chi connectivity index (χ1n) is 7.61. The van der Waals surface area contributed by atoms with Crippen LogP contribution in [0.3, 0.4) is 0 Å². The van der Waals surface area contributed by atoms with Crippen molar-refractivity contribution in [1.82, 2.24) is 16.0 Å².